The van der Waals surface area contributed by atoms with Gasteiger partial charge in [0.2, 0.25) is 6.41 Å². The number of halogens is 3. The maximum absolute atomic E-state index is 11.4. The van der Waals surface area contributed by atoms with Crippen LogP contribution in [0, 0.1) is 0 Å². The van der Waals surface area contributed by atoms with Crippen molar-refractivity contribution in [2.75, 3.05) is 7.05 Å². The standard InChI is InChI=1S/C6H7F3.C5H10O.C2H5NO.H2/c1-3-5(2)4-6(7,8)9;1-2-3-4-5-6;1-3-2-4;/h3H,1-2,4H2;5H,2-4H2,1H3;2H,1H3,(H,3,4);1H. The highest BCUT2D eigenvalue weighted by Crippen LogP contribution is 2.23. The molecule has 0 aliphatic heterocycles. The fraction of sp³-hybridized carbons (Fsp3) is 0.538. The summed E-state index contributed by atoms with van der Waals surface area (Å²) in [7, 11) is 1.56. The van der Waals surface area contributed by atoms with E-state index in [2.05, 4.69) is 25.4 Å². The zero-order chi connectivity index (χ0) is 15.7. The number of alkyl halides is 3. The van der Waals surface area contributed by atoms with Gasteiger partial charge in [0.1, 0.15) is 6.29 Å². The summed E-state index contributed by atoms with van der Waals surface area (Å²) >= 11 is 0. The Morgan fingerprint density at radius 3 is 1.95 bits per heavy atom. The lowest BCUT2D eigenvalue weighted by Gasteiger charge is -2.03. The van der Waals surface area contributed by atoms with Crippen LogP contribution in [0.4, 0.5) is 13.2 Å². The van der Waals surface area contributed by atoms with Crippen molar-refractivity contribution in [1.29, 1.82) is 0 Å². The minimum absolute atomic E-state index is 0. The number of rotatable bonds is 6. The molecule has 0 fully saturated rings. The molecule has 19 heavy (non-hydrogen) atoms. The van der Waals surface area contributed by atoms with Crippen molar-refractivity contribution in [3.05, 3.63) is 24.8 Å². The second kappa shape index (κ2) is 16.4. The molecule has 0 aliphatic rings. The fourth-order valence-corrected chi connectivity index (χ4v) is 0.617. The first kappa shape index (κ1) is 22.6. The smallest absolute Gasteiger partial charge is 0.362 e. The van der Waals surface area contributed by atoms with Crippen molar-refractivity contribution in [2.24, 2.45) is 0 Å². The van der Waals surface area contributed by atoms with Gasteiger partial charge in [0.25, 0.3) is 0 Å². The molecule has 0 atom stereocenters. The minimum atomic E-state index is -4.15. The Balaban J connectivity index is -0.000000102. The van der Waals surface area contributed by atoms with Gasteiger partial charge in [-0.3, -0.25) is 4.79 Å². The van der Waals surface area contributed by atoms with Gasteiger partial charge >= 0.3 is 6.18 Å². The van der Waals surface area contributed by atoms with E-state index in [1.807, 2.05) is 0 Å². The van der Waals surface area contributed by atoms with Crippen LogP contribution in [0.2, 0.25) is 0 Å². The van der Waals surface area contributed by atoms with Crippen LogP contribution in [0.3, 0.4) is 0 Å². The van der Waals surface area contributed by atoms with E-state index in [0.29, 0.717) is 6.41 Å². The van der Waals surface area contributed by atoms with Gasteiger partial charge in [-0.25, -0.2) is 0 Å². The molecule has 0 radical (unpaired) electrons. The molecule has 0 aromatic rings. The van der Waals surface area contributed by atoms with Crippen LogP contribution in [-0.4, -0.2) is 25.9 Å². The van der Waals surface area contributed by atoms with Crippen LogP contribution < -0.4 is 5.32 Å². The van der Waals surface area contributed by atoms with Gasteiger partial charge in [-0.15, -0.1) is 0 Å². The summed E-state index contributed by atoms with van der Waals surface area (Å²) in [5.74, 6) is 0. The Morgan fingerprint density at radius 2 is 1.84 bits per heavy atom. The summed E-state index contributed by atoms with van der Waals surface area (Å²) in [5, 5.41) is 2.25. The van der Waals surface area contributed by atoms with Crippen molar-refractivity contribution >= 4 is 12.7 Å². The maximum atomic E-state index is 11.4. The highest BCUT2D eigenvalue weighted by Gasteiger charge is 2.26. The molecule has 0 aromatic carbocycles. The van der Waals surface area contributed by atoms with Crippen molar-refractivity contribution in [1.82, 2.24) is 5.32 Å². The lowest BCUT2D eigenvalue weighted by Crippen LogP contribution is -2.06. The van der Waals surface area contributed by atoms with Gasteiger partial charge < -0.3 is 10.1 Å². The van der Waals surface area contributed by atoms with Crippen LogP contribution in [0.25, 0.3) is 0 Å². The summed E-state index contributed by atoms with van der Waals surface area (Å²) < 4.78 is 34.2. The van der Waals surface area contributed by atoms with E-state index in [4.69, 9.17) is 4.79 Å². The van der Waals surface area contributed by atoms with E-state index in [1.165, 1.54) is 0 Å². The van der Waals surface area contributed by atoms with E-state index in [1.54, 1.807) is 7.05 Å². The molecular weight excluding hydrogens is 259 g/mol. The van der Waals surface area contributed by atoms with Gasteiger partial charge in [-0.05, 0) is 12.0 Å². The van der Waals surface area contributed by atoms with E-state index < -0.39 is 12.6 Å². The second-order valence-electron chi connectivity index (χ2n) is 3.37. The molecule has 0 rings (SSSR count). The largest absolute Gasteiger partial charge is 0.393 e. The van der Waals surface area contributed by atoms with Crippen LogP contribution in [0.5, 0.6) is 0 Å². The third kappa shape index (κ3) is 38.5. The summed E-state index contributed by atoms with van der Waals surface area (Å²) in [6, 6.07) is 0. The monoisotopic (exact) mass is 283 g/mol. The van der Waals surface area contributed by atoms with Crippen molar-refractivity contribution < 1.29 is 24.2 Å². The normalized spacial score (nSPS) is 8.89. The molecule has 1 N–H and O–H groups in total. The van der Waals surface area contributed by atoms with Crippen molar-refractivity contribution in [2.45, 2.75) is 38.8 Å². The average Bonchev–Trinajstić information content (AvgIpc) is 2.35. The van der Waals surface area contributed by atoms with Crippen LogP contribution in [0.1, 0.15) is 34.0 Å². The number of nitrogens with one attached hydrogen (secondary N) is 1. The average molecular weight is 283 g/mol. The molecule has 0 unspecified atom stereocenters. The third-order valence-electron chi connectivity index (χ3n) is 1.51. The van der Waals surface area contributed by atoms with E-state index in [9.17, 15) is 18.0 Å². The Hall–Kier alpha value is -1.59. The number of aldehydes is 1. The topological polar surface area (TPSA) is 46.2 Å². The summed E-state index contributed by atoms with van der Waals surface area (Å²) in [6.07, 6.45) is 0.484. The minimum Gasteiger partial charge on any atom is -0.362 e. The first-order valence-electron chi connectivity index (χ1n) is 5.70. The first-order valence-corrected chi connectivity index (χ1v) is 5.70. The molecule has 114 valence electrons. The molecule has 6 heteroatoms. The van der Waals surface area contributed by atoms with Crippen molar-refractivity contribution in [3.63, 3.8) is 0 Å². The molecule has 0 bridgehead atoms. The van der Waals surface area contributed by atoms with E-state index in [-0.39, 0.29) is 7.00 Å². The Labute approximate surface area is 114 Å². The molecule has 0 spiro atoms. The highest BCUT2D eigenvalue weighted by molar-refractivity contribution is 5.48. The number of carbonyl (C=O) groups excluding carboxylic acids is 2. The number of unbranched alkanes of at least 4 members (excludes halogenated alkanes) is 2. The molecule has 0 saturated carbocycles. The number of hydrogen-bond acceptors (Lipinski definition) is 2. The third-order valence-corrected chi connectivity index (χ3v) is 1.51. The van der Waals surface area contributed by atoms with Gasteiger partial charge in [-0.2, -0.15) is 13.2 Å². The first-order chi connectivity index (χ1) is 8.78. The van der Waals surface area contributed by atoms with Crippen LogP contribution in [-0.2, 0) is 9.59 Å². The molecule has 3 nitrogen and oxygen atoms in total. The Kier molecular flexibility index (Phi) is 19.5. The number of hydrogen-bond donors (Lipinski definition) is 1. The SMILES string of the molecule is C=CC(=C)CC(F)(F)F.CCCCC=O.CNC=O.[HH]. The molecule has 0 heterocycles. The van der Waals surface area contributed by atoms with Gasteiger partial charge in [0, 0.05) is 14.9 Å². The highest BCUT2D eigenvalue weighted by atomic mass is 19.4. The van der Waals surface area contributed by atoms with Gasteiger partial charge in [0.05, 0.1) is 6.42 Å². The quantitative estimate of drug-likeness (QED) is 0.459. The molecular formula is C13H24F3NO2. The number of allylic oxidation sites excluding steroid dienone is 2. The van der Waals surface area contributed by atoms with Crippen molar-refractivity contribution in [3.8, 4) is 0 Å². The Bertz CT molecular complexity index is 256. The lowest BCUT2D eigenvalue weighted by molar-refractivity contribution is -0.126. The fourth-order valence-electron chi connectivity index (χ4n) is 0.617. The Morgan fingerprint density at radius 1 is 1.37 bits per heavy atom. The van der Waals surface area contributed by atoms with Crippen LogP contribution >= 0.6 is 0 Å². The molecule has 0 aromatic heterocycles. The number of amides is 1. The number of carbonyl (C=O) groups is 2. The summed E-state index contributed by atoms with van der Waals surface area (Å²) in [5.41, 5.74) is 0.00231. The van der Waals surface area contributed by atoms with Gasteiger partial charge in [-0.1, -0.05) is 32.6 Å². The van der Waals surface area contributed by atoms with E-state index >= 15 is 0 Å². The van der Waals surface area contributed by atoms with E-state index in [0.717, 1.165) is 31.6 Å². The zero-order valence-corrected chi connectivity index (χ0v) is 11.4. The summed E-state index contributed by atoms with van der Waals surface area (Å²) in [4.78, 5) is 18.6. The molecule has 0 saturated heterocycles. The lowest BCUT2D eigenvalue weighted by atomic mass is 10.2. The van der Waals surface area contributed by atoms with Gasteiger partial charge in [0.15, 0.2) is 0 Å². The molecule has 1 amide bonds. The molecule has 0 aliphatic carbocycles. The maximum Gasteiger partial charge on any atom is 0.393 e. The summed E-state index contributed by atoms with van der Waals surface area (Å²) in [6.45, 7) is 8.34. The predicted molar refractivity (Wildman–Crippen MR) is 72.8 cm³/mol. The zero-order valence-electron chi connectivity index (χ0n) is 11.4. The second-order valence-corrected chi connectivity index (χ2v) is 3.37. The van der Waals surface area contributed by atoms with Crippen LogP contribution in [0.15, 0.2) is 24.8 Å². The predicted octanol–water partition coefficient (Wildman–Crippen LogP) is 3.66.